The number of methoxy groups -OCH3 is 1. The van der Waals surface area contributed by atoms with E-state index >= 15 is 0 Å². The number of nitrogens with one attached hydrogen (secondary N) is 1. The lowest BCUT2D eigenvalue weighted by atomic mass is 9.87. The molecular weight excluding hydrogens is 348 g/mol. The molecular formula is C20H26N2O3S. The van der Waals surface area contributed by atoms with Crippen molar-refractivity contribution in [2.75, 3.05) is 31.4 Å². The van der Waals surface area contributed by atoms with Crippen molar-refractivity contribution >= 4 is 23.4 Å². The van der Waals surface area contributed by atoms with Crippen LogP contribution in [0.2, 0.25) is 0 Å². The Morgan fingerprint density at radius 3 is 2.54 bits per heavy atom. The molecule has 6 heteroatoms. The second-order valence-electron chi connectivity index (χ2n) is 6.81. The van der Waals surface area contributed by atoms with Crippen molar-refractivity contribution < 1.29 is 14.3 Å². The quantitative estimate of drug-likeness (QED) is 0.556. The highest BCUT2D eigenvalue weighted by Gasteiger charge is 2.13. The van der Waals surface area contributed by atoms with E-state index in [0.717, 1.165) is 4.90 Å². The SMILES string of the molecule is COCCOc1ncccc1NC(=O)CSc1ccc(C(C)(C)C)cc1. The van der Waals surface area contributed by atoms with Crippen LogP contribution in [0.15, 0.2) is 47.5 Å². The van der Waals surface area contributed by atoms with Gasteiger partial charge in [-0.1, -0.05) is 32.9 Å². The van der Waals surface area contributed by atoms with Crippen molar-refractivity contribution in [3.05, 3.63) is 48.2 Å². The molecule has 0 fully saturated rings. The second kappa shape index (κ2) is 9.59. The molecule has 1 amide bonds. The van der Waals surface area contributed by atoms with Crippen molar-refractivity contribution in [1.82, 2.24) is 4.98 Å². The Balaban J connectivity index is 1.89. The normalized spacial score (nSPS) is 11.2. The van der Waals surface area contributed by atoms with Gasteiger partial charge in [-0.3, -0.25) is 4.79 Å². The summed E-state index contributed by atoms with van der Waals surface area (Å²) in [4.78, 5) is 17.5. The Hall–Kier alpha value is -2.05. The van der Waals surface area contributed by atoms with Crippen LogP contribution in [0.5, 0.6) is 5.88 Å². The van der Waals surface area contributed by atoms with Crippen molar-refractivity contribution in [2.45, 2.75) is 31.1 Å². The summed E-state index contributed by atoms with van der Waals surface area (Å²) in [6.45, 7) is 7.39. The number of carbonyl (C=O) groups is 1. The number of anilines is 1. The summed E-state index contributed by atoms with van der Waals surface area (Å²) in [6, 6.07) is 11.9. The smallest absolute Gasteiger partial charge is 0.237 e. The van der Waals surface area contributed by atoms with E-state index in [4.69, 9.17) is 9.47 Å². The Kier molecular flexibility index (Phi) is 7.48. The van der Waals surface area contributed by atoms with Crippen LogP contribution in [0.3, 0.4) is 0 Å². The molecule has 0 aliphatic carbocycles. The van der Waals surface area contributed by atoms with Gasteiger partial charge in [0, 0.05) is 18.2 Å². The Morgan fingerprint density at radius 1 is 1.15 bits per heavy atom. The van der Waals surface area contributed by atoms with Gasteiger partial charge in [-0.2, -0.15) is 0 Å². The van der Waals surface area contributed by atoms with E-state index in [-0.39, 0.29) is 11.3 Å². The molecule has 0 aliphatic rings. The van der Waals surface area contributed by atoms with Crippen LogP contribution in [0.4, 0.5) is 5.69 Å². The highest BCUT2D eigenvalue weighted by Crippen LogP contribution is 2.26. The van der Waals surface area contributed by atoms with E-state index in [0.29, 0.717) is 30.5 Å². The van der Waals surface area contributed by atoms with E-state index in [1.807, 2.05) is 0 Å². The van der Waals surface area contributed by atoms with Gasteiger partial charge in [-0.15, -0.1) is 11.8 Å². The van der Waals surface area contributed by atoms with E-state index in [2.05, 4.69) is 55.3 Å². The zero-order valence-corrected chi connectivity index (χ0v) is 16.6. The van der Waals surface area contributed by atoms with Crippen molar-refractivity contribution in [3.8, 4) is 5.88 Å². The maximum absolute atomic E-state index is 12.3. The third-order valence-corrected chi connectivity index (χ3v) is 4.67. The number of pyridine rings is 1. The van der Waals surface area contributed by atoms with Crippen LogP contribution in [0.25, 0.3) is 0 Å². The number of nitrogens with zero attached hydrogens (tertiary/aromatic N) is 1. The molecule has 5 nitrogen and oxygen atoms in total. The van der Waals surface area contributed by atoms with Crippen molar-refractivity contribution in [3.63, 3.8) is 0 Å². The van der Waals surface area contributed by atoms with E-state index in [9.17, 15) is 4.79 Å². The minimum absolute atomic E-state index is 0.0977. The molecule has 0 unspecified atom stereocenters. The van der Waals surface area contributed by atoms with Crippen LogP contribution in [-0.4, -0.2) is 37.0 Å². The Labute approximate surface area is 159 Å². The molecule has 0 radical (unpaired) electrons. The first-order valence-corrected chi connectivity index (χ1v) is 9.48. The second-order valence-corrected chi connectivity index (χ2v) is 7.86. The van der Waals surface area contributed by atoms with Gasteiger partial charge in [0.1, 0.15) is 12.3 Å². The summed E-state index contributed by atoms with van der Waals surface area (Å²) in [6.07, 6.45) is 1.63. The molecule has 0 aliphatic heterocycles. The first-order chi connectivity index (χ1) is 12.4. The molecule has 1 N–H and O–H groups in total. The molecule has 1 aromatic heterocycles. The number of amides is 1. The number of hydrogen-bond acceptors (Lipinski definition) is 5. The largest absolute Gasteiger partial charge is 0.474 e. The van der Waals surface area contributed by atoms with Gasteiger partial charge < -0.3 is 14.8 Å². The third kappa shape index (κ3) is 6.35. The molecule has 0 spiro atoms. The number of ether oxygens (including phenoxy) is 2. The van der Waals surface area contributed by atoms with E-state index in [1.165, 1.54) is 17.3 Å². The fourth-order valence-corrected chi connectivity index (χ4v) is 2.91. The van der Waals surface area contributed by atoms with E-state index in [1.54, 1.807) is 25.4 Å². The van der Waals surface area contributed by atoms with Gasteiger partial charge in [-0.05, 0) is 35.2 Å². The van der Waals surface area contributed by atoms with Gasteiger partial charge >= 0.3 is 0 Å². The zero-order chi connectivity index (χ0) is 19.0. The van der Waals surface area contributed by atoms with Crippen LogP contribution in [0.1, 0.15) is 26.3 Å². The van der Waals surface area contributed by atoms with Gasteiger partial charge in [-0.25, -0.2) is 4.98 Å². The maximum Gasteiger partial charge on any atom is 0.237 e. The Morgan fingerprint density at radius 2 is 1.88 bits per heavy atom. The number of benzene rings is 1. The Bertz CT molecular complexity index is 712. The van der Waals surface area contributed by atoms with Gasteiger partial charge in [0.2, 0.25) is 11.8 Å². The lowest BCUT2D eigenvalue weighted by molar-refractivity contribution is -0.113. The molecule has 140 valence electrons. The van der Waals surface area contributed by atoms with Crippen LogP contribution >= 0.6 is 11.8 Å². The summed E-state index contributed by atoms with van der Waals surface area (Å²) < 4.78 is 10.5. The number of rotatable bonds is 8. The first-order valence-electron chi connectivity index (χ1n) is 8.50. The lowest BCUT2D eigenvalue weighted by Crippen LogP contribution is -2.16. The molecule has 0 atom stereocenters. The van der Waals surface area contributed by atoms with Crippen molar-refractivity contribution in [2.24, 2.45) is 0 Å². The van der Waals surface area contributed by atoms with Gasteiger partial charge in [0.25, 0.3) is 0 Å². The van der Waals surface area contributed by atoms with Crippen LogP contribution in [0, 0.1) is 0 Å². The molecule has 0 saturated carbocycles. The molecule has 0 bridgehead atoms. The first kappa shape index (κ1) is 20.3. The molecule has 1 aromatic carbocycles. The van der Waals surface area contributed by atoms with E-state index < -0.39 is 0 Å². The highest BCUT2D eigenvalue weighted by atomic mass is 32.2. The average molecular weight is 375 g/mol. The standard InChI is InChI=1S/C20H26N2O3S/c1-20(2,3)15-7-9-16(10-8-15)26-14-18(23)22-17-6-5-11-21-19(17)25-13-12-24-4/h5-11H,12-14H2,1-4H3,(H,22,23). The van der Waals surface area contributed by atoms with Gasteiger partial charge in [0.05, 0.1) is 12.4 Å². The average Bonchev–Trinajstić information content (AvgIpc) is 2.61. The number of aromatic nitrogens is 1. The summed E-state index contributed by atoms with van der Waals surface area (Å²) >= 11 is 1.50. The zero-order valence-electron chi connectivity index (χ0n) is 15.7. The fraction of sp³-hybridized carbons (Fsp3) is 0.400. The van der Waals surface area contributed by atoms with Gasteiger partial charge in [0.15, 0.2) is 0 Å². The summed E-state index contributed by atoms with van der Waals surface area (Å²) in [5, 5.41) is 2.86. The number of thioether (sulfide) groups is 1. The molecule has 26 heavy (non-hydrogen) atoms. The minimum Gasteiger partial charge on any atom is -0.474 e. The number of carbonyl (C=O) groups excluding carboxylic acids is 1. The highest BCUT2D eigenvalue weighted by molar-refractivity contribution is 8.00. The van der Waals surface area contributed by atoms with Crippen LogP contribution < -0.4 is 10.1 Å². The maximum atomic E-state index is 12.3. The molecule has 2 aromatic rings. The van der Waals surface area contributed by atoms with Crippen molar-refractivity contribution in [1.29, 1.82) is 0 Å². The summed E-state index contributed by atoms with van der Waals surface area (Å²) in [7, 11) is 1.61. The van der Waals surface area contributed by atoms with Crippen LogP contribution in [-0.2, 0) is 14.9 Å². The minimum atomic E-state index is -0.0977. The molecule has 1 heterocycles. The predicted molar refractivity (Wildman–Crippen MR) is 106 cm³/mol. The molecule has 2 rings (SSSR count). The predicted octanol–water partition coefficient (Wildman–Crippen LogP) is 4.14. The third-order valence-electron chi connectivity index (χ3n) is 3.66. The molecule has 0 saturated heterocycles. The monoisotopic (exact) mass is 374 g/mol. The lowest BCUT2D eigenvalue weighted by Gasteiger charge is -2.19. The fourth-order valence-electron chi connectivity index (χ4n) is 2.21. The summed E-state index contributed by atoms with van der Waals surface area (Å²) in [5.41, 5.74) is 1.97. The number of hydrogen-bond donors (Lipinski definition) is 1. The topological polar surface area (TPSA) is 60.5 Å². The summed E-state index contributed by atoms with van der Waals surface area (Å²) in [5.74, 6) is 0.623.